The second-order valence-corrected chi connectivity index (χ2v) is 3.69. The molecule has 0 aliphatic heterocycles. The Morgan fingerprint density at radius 2 is 2.36 bits per heavy atom. The Hall–Kier alpha value is -0.680. The fourth-order valence-corrected chi connectivity index (χ4v) is 2.11. The third-order valence-electron chi connectivity index (χ3n) is 1.02. The van der Waals surface area contributed by atoms with Gasteiger partial charge in [0.15, 0.2) is 6.29 Å². The lowest BCUT2D eigenvalue weighted by Gasteiger charge is -1.84. The maximum absolute atomic E-state index is 10.4. The molecule has 1 heterocycles. The van der Waals surface area contributed by atoms with E-state index in [1.165, 1.54) is 6.07 Å². The van der Waals surface area contributed by atoms with Crippen molar-refractivity contribution in [2.75, 3.05) is 0 Å². The molecule has 1 aromatic rings. The fourth-order valence-electron chi connectivity index (χ4n) is 0.590. The highest BCUT2D eigenvalue weighted by Gasteiger charge is 2.12. The second-order valence-electron chi connectivity index (χ2n) is 1.75. The lowest BCUT2D eigenvalue weighted by Crippen LogP contribution is -1.91. The summed E-state index contributed by atoms with van der Waals surface area (Å²) in [5.74, 6) is -1.02. The first-order valence-corrected chi connectivity index (χ1v) is 4.24. The molecular weight excluding hydrogens is 232 g/mol. The molecule has 0 fully saturated rings. The van der Waals surface area contributed by atoms with Gasteiger partial charge in [-0.25, -0.2) is 4.79 Å². The Morgan fingerprint density at radius 3 is 2.64 bits per heavy atom. The largest absolute Gasteiger partial charge is 0.477 e. The third-order valence-corrected chi connectivity index (χ3v) is 2.95. The van der Waals surface area contributed by atoms with E-state index in [-0.39, 0.29) is 4.88 Å². The summed E-state index contributed by atoms with van der Waals surface area (Å²) >= 11 is 3.98. The van der Waals surface area contributed by atoms with Crippen LogP contribution in [-0.2, 0) is 0 Å². The molecule has 0 aliphatic rings. The summed E-state index contributed by atoms with van der Waals surface area (Å²) in [5, 5.41) is 8.54. The molecule has 0 spiro atoms. The quantitative estimate of drug-likeness (QED) is 0.797. The van der Waals surface area contributed by atoms with Crippen LogP contribution in [0.2, 0.25) is 0 Å². The van der Waals surface area contributed by atoms with Crippen molar-refractivity contribution in [1.82, 2.24) is 0 Å². The predicted molar refractivity (Wildman–Crippen MR) is 44.4 cm³/mol. The summed E-state index contributed by atoms with van der Waals surface area (Å²) in [6.45, 7) is 0. The van der Waals surface area contributed by atoms with Gasteiger partial charge in [-0.3, -0.25) is 4.79 Å². The van der Waals surface area contributed by atoms with Crippen LogP contribution in [0.5, 0.6) is 0 Å². The Balaban J connectivity index is 3.16. The van der Waals surface area contributed by atoms with Crippen LogP contribution >= 0.6 is 27.3 Å². The van der Waals surface area contributed by atoms with Crippen molar-refractivity contribution in [1.29, 1.82) is 0 Å². The molecular formula is C6H3BrO3S. The summed E-state index contributed by atoms with van der Waals surface area (Å²) in [4.78, 5) is 21.2. The van der Waals surface area contributed by atoms with E-state index in [2.05, 4.69) is 15.9 Å². The average molecular weight is 235 g/mol. The number of carboxylic acid groups (broad SMARTS) is 1. The van der Waals surface area contributed by atoms with Crippen molar-refractivity contribution < 1.29 is 14.7 Å². The van der Waals surface area contributed by atoms with Gasteiger partial charge in [-0.2, -0.15) is 0 Å². The lowest BCUT2D eigenvalue weighted by molar-refractivity contribution is 0.0701. The fraction of sp³-hybridized carbons (Fsp3) is 0. The number of halogens is 1. The van der Waals surface area contributed by atoms with E-state index in [1.54, 1.807) is 0 Å². The number of carboxylic acids is 1. The summed E-state index contributed by atoms with van der Waals surface area (Å²) < 4.78 is 0.456. The van der Waals surface area contributed by atoms with Gasteiger partial charge in [0.1, 0.15) is 4.88 Å². The summed E-state index contributed by atoms with van der Waals surface area (Å²) in [6.07, 6.45) is 0.627. The molecule has 0 bridgehead atoms. The number of carbonyl (C=O) groups is 2. The molecule has 0 atom stereocenters. The zero-order chi connectivity index (χ0) is 8.43. The molecule has 0 amide bonds. The number of carbonyl (C=O) groups excluding carboxylic acids is 1. The van der Waals surface area contributed by atoms with Gasteiger partial charge >= 0.3 is 5.97 Å². The maximum atomic E-state index is 10.4. The van der Waals surface area contributed by atoms with Gasteiger partial charge in [-0.1, -0.05) is 0 Å². The number of aldehydes is 1. The van der Waals surface area contributed by atoms with Gasteiger partial charge in [-0.05, 0) is 22.0 Å². The maximum Gasteiger partial charge on any atom is 0.347 e. The van der Waals surface area contributed by atoms with Crippen LogP contribution in [0, 0.1) is 0 Å². The van der Waals surface area contributed by atoms with E-state index in [1.807, 2.05) is 0 Å². The van der Waals surface area contributed by atoms with Crippen molar-refractivity contribution in [3.05, 3.63) is 20.3 Å². The van der Waals surface area contributed by atoms with Crippen molar-refractivity contribution in [3.63, 3.8) is 0 Å². The van der Waals surface area contributed by atoms with Gasteiger partial charge in [0.05, 0.1) is 4.88 Å². The van der Waals surface area contributed by atoms with E-state index in [0.29, 0.717) is 15.6 Å². The molecule has 0 radical (unpaired) electrons. The second kappa shape index (κ2) is 3.15. The van der Waals surface area contributed by atoms with E-state index in [0.717, 1.165) is 11.3 Å². The Kier molecular flexibility index (Phi) is 2.41. The van der Waals surface area contributed by atoms with Gasteiger partial charge in [0, 0.05) is 4.47 Å². The molecule has 3 nitrogen and oxygen atoms in total. The van der Waals surface area contributed by atoms with E-state index in [9.17, 15) is 9.59 Å². The van der Waals surface area contributed by atoms with Crippen LogP contribution in [0.1, 0.15) is 19.3 Å². The molecule has 58 valence electrons. The SMILES string of the molecule is O=Cc1cc(Br)c(C(=O)O)s1. The molecule has 0 unspecified atom stereocenters. The predicted octanol–water partition coefficient (Wildman–Crippen LogP) is 2.02. The molecule has 0 aliphatic carbocycles. The average Bonchev–Trinajstić information content (AvgIpc) is 2.30. The van der Waals surface area contributed by atoms with E-state index < -0.39 is 5.97 Å². The molecule has 1 rings (SSSR count). The highest BCUT2D eigenvalue weighted by Crippen LogP contribution is 2.25. The number of aromatic carboxylic acids is 1. The highest BCUT2D eigenvalue weighted by molar-refractivity contribution is 9.10. The number of rotatable bonds is 2. The van der Waals surface area contributed by atoms with Crippen molar-refractivity contribution in [2.24, 2.45) is 0 Å². The lowest BCUT2D eigenvalue weighted by atomic mass is 10.4. The molecule has 0 saturated carbocycles. The molecule has 11 heavy (non-hydrogen) atoms. The molecule has 5 heteroatoms. The Bertz CT molecular complexity index is 305. The zero-order valence-electron chi connectivity index (χ0n) is 5.20. The van der Waals surface area contributed by atoms with Crippen LogP contribution in [0.3, 0.4) is 0 Å². The first-order chi connectivity index (χ1) is 5.15. The highest BCUT2D eigenvalue weighted by atomic mass is 79.9. The Labute approximate surface area is 74.8 Å². The topological polar surface area (TPSA) is 54.4 Å². The van der Waals surface area contributed by atoms with Crippen LogP contribution in [-0.4, -0.2) is 17.4 Å². The van der Waals surface area contributed by atoms with Crippen LogP contribution in [0.4, 0.5) is 0 Å². The first-order valence-electron chi connectivity index (χ1n) is 2.63. The van der Waals surface area contributed by atoms with E-state index in [4.69, 9.17) is 5.11 Å². The number of hydrogen-bond donors (Lipinski definition) is 1. The summed E-state index contributed by atoms with van der Waals surface area (Å²) in [5.41, 5.74) is 0. The van der Waals surface area contributed by atoms with Crippen molar-refractivity contribution in [3.8, 4) is 0 Å². The van der Waals surface area contributed by atoms with Crippen molar-refractivity contribution in [2.45, 2.75) is 0 Å². The van der Waals surface area contributed by atoms with Gasteiger partial charge in [0.2, 0.25) is 0 Å². The molecule has 0 aromatic carbocycles. The monoisotopic (exact) mass is 234 g/mol. The third kappa shape index (κ3) is 1.66. The minimum absolute atomic E-state index is 0.159. The van der Waals surface area contributed by atoms with Crippen LogP contribution in [0.15, 0.2) is 10.5 Å². The number of thiophene rings is 1. The standard InChI is InChI=1S/C6H3BrO3S/c7-4-1-3(2-8)11-5(4)6(9)10/h1-2H,(H,9,10). The minimum atomic E-state index is -1.02. The first kappa shape index (κ1) is 8.42. The molecule has 1 N–H and O–H groups in total. The Morgan fingerprint density at radius 1 is 1.73 bits per heavy atom. The van der Waals surface area contributed by atoms with Crippen LogP contribution in [0.25, 0.3) is 0 Å². The van der Waals surface area contributed by atoms with Gasteiger partial charge < -0.3 is 5.11 Å². The van der Waals surface area contributed by atoms with Gasteiger partial charge in [-0.15, -0.1) is 11.3 Å². The van der Waals surface area contributed by atoms with Crippen molar-refractivity contribution >= 4 is 39.5 Å². The summed E-state index contributed by atoms with van der Waals surface area (Å²) in [6, 6.07) is 1.49. The minimum Gasteiger partial charge on any atom is -0.477 e. The van der Waals surface area contributed by atoms with Gasteiger partial charge in [0.25, 0.3) is 0 Å². The molecule has 1 aromatic heterocycles. The van der Waals surface area contributed by atoms with Crippen LogP contribution < -0.4 is 0 Å². The van der Waals surface area contributed by atoms with E-state index >= 15 is 0 Å². The molecule has 0 saturated heterocycles. The normalized spacial score (nSPS) is 9.55. The summed E-state index contributed by atoms with van der Waals surface area (Å²) in [7, 11) is 0. The zero-order valence-corrected chi connectivity index (χ0v) is 7.61. The number of hydrogen-bond acceptors (Lipinski definition) is 3. The smallest absolute Gasteiger partial charge is 0.347 e.